The van der Waals surface area contributed by atoms with Crippen molar-refractivity contribution >= 4 is 23.5 Å². The number of hydrogen-bond acceptors (Lipinski definition) is 18. The minimum absolute atomic E-state index is 0.0445. The van der Waals surface area contributed by atoms with Gasteiger partial charge in [0.15, 0.2) is 12.6 Å². The highest BCUT2D eigenvalue weighted by atomic mass is 19.1. The highest BCUT2D eigenvalue weighted by Gasteiger charge is 2.54. The van der Waals surface area contributed by atoms with Crippen LogP contribution in [0.2, 0.25) is 0 Å². The van der Waals surface area contributed by atoms with Crippen molar-refractivity contribution in [1.82, 2.24) is 19.9 Å². The fourth-order valence-electron chi connectivity index (χ4n) is 11.0. The van der Waals surface area contributed by atoms with Crippen molar-refractivity contribution in [2.75, 3.05) is 32.1 Å². The van der Waals surface area contributed by atoms with Crippen LogP contribution in [0.4, 0.5) is 14.9 Å². The van der Waals surface area contributed by atoms with Crippen molar-refractivity contribution in [3.05, 3.63) is 42.0 Å². The number of ether oxygens (including phenoxy) is 7. The number of Topliss-reactive ketones (excluding diaryl/α,β-unsaturated/α-hetero) is 1. The zero-order valence-corrected chi connectivity index (χ0v) is 43.2. The van der Waals surface area contributed by atoms with Crippen LogP contribution in [0, 0.1) is 29.5 Å². The van der Waals surface area contributed by atoms with E-state index in [1.165, 1.54) is 51.0 Å². The fraction of sp³-hybridized carbons (Fsp3) is 0.780. The zero-order valence-electron chi connectivity index (χ0n) is 43.2. The lowest BCUT2D eigenvalue weighted by atomic mass is 9.74. The monoisotopic (exact) mass is 1010 g/mol. The highest BCUT2D eigenvalue weighted by molar-refractivity contribution is 5.89. The molecule has 4 fully saturated rings. The Morgan fingerprint density at radius 2 is 1.65 bits per heavy atom. The first-order chi connectivity index (χ1) is 33.2. The molecule has 1 aromatic carbocycles. The first-order valence-electron chi connectivity index (χ1n) is 24.9. The quantitative estimate of drug-likeness (QED) is 0.181. The molecule has 71 heavy (non-hydrogen) atoms. The number of carbonyl (C=O) groups excluding carboxylic acids is 3. The second-order valence-corrected chi connectivity index (χ2v) is 21.3. The molecule has 0 saturated carbocycles. The Balaban J connectivity index is 1.23. The Morgan fingerprint density at radius 3 is 2.31 bits per heavy atom. The van der Waals surface area contributed by atoms with Gasteiger partial charge in [0.1, 0.15) is 41.6 Å². The summed E-state index contributed by atoms with van der Waals surface area (Å²) in [7, 11) is 3.32. The van der Waals surface area contributed by atoms with Crippen molar-refractivity contribution in [1.29, 1.82) is 0 Å². The van der Waals surface area contributed by atoms with Crippen LogP contribution in [-0.4, -0.2) is 181 Å². The largest absolute Gasteiger partial charge is 0.459 e. The molecular weight excluding hydrogens is 930 g/mol. The van der Waals surface area contributed by atoms with Crippen molar-refractivity contribution in [3.8, 4) is 0 Å². The number of hydrogen-bond donors (Lipinski definition) is 5. The molecule has 5 N–H and O–H groups in total. The Labute approximate surface area is 416 Å². The summed E-state index contributed by atoms with van der Waals surface area (Å²) in [6.45, 7) is 17.0. The molecule has 4 aliphatic heterocycles. The van der Waals surface area contributed by atoms with Crippen molar-refractivity contribution in [2.24, 2.45) is 23.7 Å². The maximum Gasteiger partial charge on any atom is 0.414 e. The van der Waals surface area contributed by atoms with Gasteiger partial charge in [-0.3, -0.25) is 14.5 Å². The number of aliphatic hydroxyl groups excluding tert-OH is 3. The SMILES string of the molecule is CC[C@H]1OC(=O)[C@H](C)[C@@H](O[C@H]2C[C@](C)(OC)[C@@H](O)[C@H](C)O2)[C@H](C)[C@@H](O[C@@H]2O[C@H](C)C[C@H](N(C)CCc3cn(C[C@H]4CN(c5cccc(F)c5)C(=O)O4)nn3)[C@H]2O)[C@](C)(O)C[C@@H](C)C(=O)[C@H](C)[C@@H](O)[C@]1(C)O. The first kappa shape index (κ1) is 56.6. The molecule has 0 aliphatic carbocycles. The van der Waals surface area contributed by atoms with Gasteiger partial charge in [0.05, 0.1) is 72.1 Å². The van der Waals surface area contributed by atoms with Crippen molar-refractivity contribution in [2.45, 2.75) is 198 Å². The van der Waals surface area contributed by atoms with E-state index in [1.807, 2.05) is 18.9 Å². The van der Waals surface area contributed by atoms with Gasteiger partial charge in [0.25, 0.3) is 0 Å². The lowest BCUT2D eigenvalue weighted by molar-refractivity contribution is -0.318. The van der Waals surface area contributed by atoms with Crippen molar-refractivity contribution in [3.63, 3.8) is 0 Å². The predicted octanol–water partition coefficient (Wildman–Crippen LogP) is 3.15. The normalized spacial score (nSPS) is 41.2. The van der Waals surface area contributed by atoms with Crippen LogP contribution in [-0.2, 0) is 55.7 Å². The van der Waals surface area contributed by atoms with Gasteiger partial charge < -0.3 is 63.6 Å². The van der Waals surface area contributed by atoms with Crippen LogP contribution in [0.15, 0.2) is 30.5 Å². The van der Waals surface area contributed by atoms with E-state index < -0.39 is 138 Å². The van der Waals surface area contributed by atoms with Gasteiger partial charge in [0.2, 0.25) is 0 Å². The summed E-state index contributed by atoms with van der Waals surface area (Å²) < 4.78 is 58.7. The molecule has 21 heteroatoms. The summed E-state index contributed by atoms with van der Waals surface area (Å²) in [5, 5.41) is 67.7. The minimum atomic E-state index is -2.05. The number of aromatic nitrogens is 3. The Morgan fingerprint density at radius 1 is 0.944 bits per heavy atom. The molecule has 4 saturated heterocycles. The van der Waals surface area contributed by atoms with Crippen LogP contribution < -0.4 is 4.90 Å². The summed E-state index contributed by atoms with van der Waals surface area (Å²) in [5.74, 6) is -5.83. The summed E-state index contributed by atoms with van der Waals surface area (Å²) in [6.07, 6.45) is -9.89. The Kier molecular flexibility index (Phi) is 18.2. The van der Waals surface area contributed by atoms with Gasteiger partial charge in [-0.1, -0.05) is 39.0 Å². The topological polar surface area (TPSA) is 254 Å². The molecule has 1 aromatic heterocycles. The van der Waals surface area contributed by atoms with E-state index in [0.717, 1.165) is 0 Å². The van der Waals surface area contributed by atoms with E-state index in [4.69, 9.17) is 33.2 Å². The highest BCUT2D eigenvalue weighted by Crippen LogP contribution is 2.41. The zero-order chi connectivity index (χ0) is 52.5. The second-order valence-electron chi connectivity index (χ2n) is 21.3. The summed E-state index contributed by atoms with van der Waals surface area (Å²) in [6, 6.07) is 5.19. The number of benzene rings is 1. The van der Waals surface area contributed by atoms with Crippen LogP contribution in [0.3, 0.4) is 0 Å². The number of methoxy groups -OCH3 is 1. The molecule has 4 aliphatic rings. The standard InChI is InChI=1S/C50H78FN5O15/c1-13-37-50(10,64)42(59)28(4)39(57)26(2)21-48(8,63)44(29(5)41(30(6)45(61)69-37)70-38-22-49(9,65-12)43(60)31(7)67-38)71-46-40(58)36(19-27(3)66-46)54(11)18-17-33-23-55(53-52-33)24-35-25-56(47(62)68-35)34-16-14-15-32(51)20-34/h14-16,20,23,26-31,35-38,40-44,46,58-60,63-64H,13,17-19,21-22,24-25H2,1-12H3/t26-,27-,28+,29+,30-,31+,35+,36+,37-,38+,40-,41+,42-,43+,44-,46+,48-,49+,50-/m1/s1. The number of halogens is 1. The lowest BCUT2D eigenvalue weighted by Crippen LogP contribution is -2.61. The molecule has 0 radical (unpaired) electrons. The van der Waals surface area contributed by atoms with E-state index >= 15 is 0 Å². The third-order valence-electron chi connectivity index (χ3n) is 15.4. The second kappa shape index (κ2) is 22.8. The minimum Gasteiger partial charge on any atom is -0.459 e. The molecule has 400 valence electrons. The Hall–Kier alpha value is -3.74. The van der Waals surface area contributed by atoms with Crippen LogP contribution in [0.5, 0.6) is 0 Å². The first-order valence-corrected chi connectivity index (χ1v) is 24.9. The van der Waals surface area contributed by atoms with Gasteiger partial charge in [-0.2, -0.15) is 0 Å². The number of rotatable bonds is 13. The molecule has 6 rings (SSSR count). The number of ketones is 1. The lowest BCUT2D eigenvalue weighted by Gasteiger charge is -2.49. The van der Waals surface area contributed by atoms with Crippen molar-refractivity contribution < 1.29 is 77.5 Å². The number of nitrogens with zero attached hydrogens (tertiary/aromatic N) is 5. The van der Waals surface area contributed by atoms with Crippen LogP contribution in [0.25, 0.3) is 0 Å². The average molecular weight is 1010 g/mol. The van der Waals surface area contributed by atoms with Gasteiger partial charge in [-0.25, -0.2) is 13.9 Å². The molecule has 0 unspecified atom stereocenters. The molecule has 0 spiro atoms. The molecule has 20 nitrogen and oxygen atoms in total. The van der Waals surface area contributed by atoms with E-state index in [1.54, 1.807) is 58.5 Å². The van der Waals surface area contributed by atoms with E-state index in [2.05, 4.69) is 10.3 Å². The predicted molar refractivity (Wildman–Crippen MR) is 253 cm³/mol. The Bertz CT molecular complexity index is 2130. The van der Waals surface area contributed by atoms with Crippen LogP contribution in [0.1, 0.15) is 101 Å². The van der Waals surface area contributed by atoms with Gasteiger partial charge >= 0.3 is 12.1 Å². The summed E-state index contributed by atoms with van der Waals surface area (Å²) in [4.78, 5) is 44.4. The summed E-state index contributed by atoms with van der Waals surface area (Å²) in [5.41, 5.74) is -4.02. The molecule has 1 amide bonds. The van der Waals surface area contributed by atoms with Gasteiger partial charge in [0, 0.05) is 56.5 Å². The molecule has 0 bridgehead atoms. The van der Waals surface area contributed by atoms with Gasteiger partial charge in [-0.15, -0.1) is 5.10 Å². The summed E-state index contributed by atoms with van der Waals surface area (Å²) >= 11 is 0. The molecular formula is C50H78FN5O15. The average Bonchev–Trinajstić information content (AvgIpc) is 3.93. The number of anilines is 1. The number of cyclic esters (lactones) is 2. The van der Waals surface area contributed by atoms with Crippen LogP contribution >= 0.6 is 0 Å². The maximum absolute atomic E-state index is 14.4. The number of carbonyl (C=O) groups is 3. The van der Waals surface area contributed by atoms with Gasteiger partial charge in [-0.05, 0) is 86.1 Å². The van der Waals surface area contributed by atoms with E-state index in [0.29, 0.717) is 30.8 Å². The number of esters is 1. The molecule has 2 aromatic rings. The maximum atomic E-state index is 14.4. The number of amides is 1. The third kappa shape index (κ3) is 12.6. The molecule has 5 heterocycles. The number of aliphatic hydroxyl groups is 5. The fourth-order valence-corrected chi connectivity index (χ4v) is 11.0. The third-order valence-corrected chi connectivity index (χ3v) is 15.4. The number of likely N-dealkylation sites (N-methyl/N-ethyl adjacent to an activating group) is 1. The molecule has 19 atom stereocenters. The smallest absolute Gasteiger partial charge is 0.414 e. The van der Waals surface area contributed by atoms with E-state index in [9.17, 15) is 44.3 Å². The van der Waals surface area contributed by atoms with E-state index in [-0.39, 0.29) is 32.4 Å².